The van der Waals surface area contributed by atoms with Crippen LogP contribution in [0.25, 0.3) is 11.1 Å². The molecule has 3 heterocycles. The summed E-state index contributed by atoms with van der Waals surface area (Å²) in [6, 6.07) is 3.88. The molecule has 0 saturated carbocycles. The molecular formula is C28H35FN7O13S2+. The normalized spacial score (nSPS) is 16.7. The number of halogens is 1. The van der Waals surface area contributed by atoms with E-state index in [2.05, 4.69) is 14.4 Å². The van der Waals surface area contributed by atoms with Crippen molar-refractivity contribution in [3.63, 3.8) is 0 Å². The smallest absolute Gasteiger partial charge is 0.418 e. The van der Waals surface area contributed by atoms with E-state index in [9.17, 15) is 33.0 Å². The second-order valence-electron chi connectivity index (χ2n) is 11.3. The largest absolute Gasteiger partial charge is 0.489 e. The van der Waals surface area contributed by atoms with Crippen molar-refractivity contribution in [1.29, 1.82) is 0 Å². The van der Waals surface area contributed by atoms with E-state index in [1.165, 1.54) is 31.4 Å². The summed E-state index contributed by atoms with van der Waals surface area (Å²) >= 11 is 0.943. The molecule has 0 aliphatic carbocycles. The van der Waals surface area contributed by atoms with Crippen LogP contribution < -0.4 is 20.9 Å². The number of carboxylic acids is 1. The Labute approximate surface area is 293 Å². The zero-order valence-corrected chi connectivity index (χ0v) is 28.8. The van der Waals surface area contributed by atoms with Crippen LogP contribution in [0.15, 0.2) is 41.1 Å². The Morgan fingerprint density at radius 2 is 1.98 bits per heavy atom. The maximum absolute atomic E-state index is 15.1. The lowest BCUT2D eigenvalue weighted by Gasteiger charge is -2.50. The summed E-state index contributed by atoms with van der Waals surface area (Å²) in [6.07, 6.45) is 0.138. The second kappa shape index (κ2) is 16.8. The minimum atomic E-state index is -5.02. The number of aliphatic carboxylic acids is 1. The van der Waals surface area contributed by atoms with Crippen LogP contribution in [0, 0.1) is 11.7 Å². The molecule has 3 atom stereocenters. The maximum Gasteiger partial charge on any atom is 0.418 e. The monoisotopic (exact) mass is 760 g/mol. The number of anilines is 1. The number of rotatable bonds is 16. The minimum Gasteiger partial charge on any atom is -0.489 e. The molecule has 20 nitrogen and oxygen atoms in total. The first-order valence-electron chi connectivity index (χ1n) is 14.5. The number of benzene rings is 1. The van der Waals surface area contributed by atoms with Gasteiger partial charge in [0.1, 0.15) is 30.4 Å². The summed E-state index contributed by atoms with van der Waals surface area (Å²) in [5, 5.41) is 32.0. The summed E-state index contributed by atoms with van der Waals surface area (Å²) in [5.41, 5.74) is 9.94. The van der Waals surface area contributed by atoms with E-state index in [0.717, 1.165) is 17.4 Å². The van der Waals surface area contributed by atoms with Crippen LogP contribution in [0.2, 0.25) is 0 Å². The number of hydrogen-bond acceptors (Lipinski definition) is 15. The number of oxime groups is 1. The molecule has 1 amide bonds. The molecule has 8 N–H and O–H groups in total. The second-order valence-corrected chi connectivity index (χ2v) is 13.2. The average Bonchev–Trinajstić information content (AvgIpc) is 3.64. The highest BCUT2D eigenvalue weighted by atomic mass is 32.3. The van der Waals surface area contributed by atoms with Gasteiger partial charge in [0.25, 0.3) is 18.5 Å². The van der Waals surface area contributed by atoms with Gasteiger partial charge in [0.2, 0.25) is 6.20 Å². The molecule has 1 aliphatic heterocycles. The first kappa shape index (κ1) is 40.4. The van der Waals surface area contributed by atoms with Gasteiger partial charge < -0.3 is 36.4 Å². The van der Waals surface area contributed by atoms with Crippen molar-refractivity contribution in [2.24, 2.45) is 23.9 Å². The first-order chi connectivity index (χ1) is 23.8. The number of carbonyl (C=O) groups is 4. The molecule has 0 radical (unpaired) electrons. The molecule has 1 aromatic carbocycles. The van der Waals surface area contributed by atoms with E-state index in [-0.39, 0.29) is 41.7 Å². The molecule has 1 saturated heterocycles. The fourth-order valence-electron chi connectivity index (χ4n) is 4.71. The zero-order chi connectivity index (χ0) is 38.3. The number of aliphatic hydroxyl groups excluding tert-OH is 1. The molecule has 2 aromatic heterocycles. The Morgan fingerprint density at radius 1 is 1.31 bits per heavy atom. The molecule has 0 bridgehead atoms. The summed E-state index contributed by atoms with van der Waals surface area (Å²) in [4.78, 5) is 55.3. The van der Waals surface area contributed by atoms with Crippen LogP contribution in [0.1, 0.15) is 26.0 Å². The van der Waals surface area contributed by atoms with Crippen molar-refractivity contribution in [3.8, 4) is 16.9 Å². The summed E-state index contributed by atoms with van der Waals surface area (Å²) < 4.78 is 59.3. The standard InChI is InChI=1S/C27H32FN7O11S2.CH2O2/c1-27(2)18(24(38)35(27)46-48(41,42)43)7-21(37)23(20-13-47-26(30)31-20)32-45-22(25(39)40)12-44-16-4-5-17(19(28)6-16)14-9-33(3)34(10-14)11-15(36)8-29;2-1-3/h4-6,9-10,13,15,18,22,36H,7-8,11-12,29H2,1-3H3,(H3-,30,31,39,40,41,42,43);1H,(H,2,3)/p+1/b32-23-;/t15?,18-,22+;/m1./s1. The number of hydrogen-bond donors (Lipinski definition) is 6. The van der Waals surface area contributed by atoms with Crippen molar-refractivity contribution >= 4 is 56.7 Å². The third kappa shape index (κ3) is 10.2. The van der Waals surface area contributed by atoms with Gasteiger partial charge in [-0.05, 0) is 26.0 Å². The number of nitrogens with zero attached hydrogens (tertiary/aromatic N) is 5. The lowest BCUT2D eigenvalue weighted by atomic mass is 9.74. The zero-order valence-electron chi connectivity index (χ0n) is 27.2. The third-order valence-electron chi connectivity index (χ3n) is 7.35. The number of Topliss-reactive ketones (excluding diaryl/α,β-unsaturated/α-hetero) is 1. The Hall–Kier alpha value is -5.07. The Morgan fingerprint density at radius 3 is 2.51 bits per heavy atom. The Balaban J connectivity index is 0.00000226. The SMILES string of the molecule is C[n+]1cc(-c2ccc(OC[C@H](O/N=C(\C(=O)C[C@@H]3C(=O)N(OS(=O)(=O)O)C3(C)C)c3csc(N)n3)C(=O)O)cc2F)cn1CC(O)CN.O=CO. The highest BCUT2D eigenvalue weighted by molar-refractivity contribution is 7.80. The maximum atomic E-state index is 15.1. The van der Waals surface area contributed by atoms with Gasteiger partial charge in [0, 0.05) is 30.0 Å². The minimum absolute atomic E-state index is 0.0385. The highest BCUT2D eigenvalue weighted by Gasteiger charge is 2.57. The number of hydroxylamine groups is 2. The summed E-state index contributed by atoms with van der Waals surface area (Å²) in [5.74, 6) is -5.14. The summed E-state index contributed by atoms with van der Waals surface area (Å²) in [6.45, 7) is 2.11. The van der Waals surface area contributed by atoms with Gasteiger partial charge in [-0.25, -0.2) is 14.2 Å². The molecule has 0 spiro atoms. The van der Waals surface area contributed by atoms with Gasteiger partial charge in [-0.1, -0.05) is 5.16 Å². The number of carboxylic acid groups (broad SMARTS) is 2. The fourth-order valence-corrected chi connectivity index (χ4v) is 5.71. The Kier molecular flexibility index (Phi) is 13.3. The lowest BCUT2D eigenvalue weighted by Crippen LogP contribution is -2.68. The first-order valence-corrected chi connectivity index (χ1v) is 16.7. The lowest BCUT2D eigenvalue weighted by molar-refractivity contribution is -0.754. The van der Waals surface area contributed by atoms with E-state index in [0.29, 0.717) is 10.6 Å². The average molecular weight is 761 g/mol. The summed E-state index contributed by atoms with van der Waals surface area (Å²) in [7, 11) is -3.31. The predicted molar refractivity (Wildman–Crippen MR) is 172 cm³/mol. The number of aryl methyl sites for hydroxylation is 1. The molecule has 278 valence electrons. The van der Waals surface area contributed by atoms with Crippen LogP contribution >= 0.6 is 11.3 Å². The third-order valence-corrected chi connectivity index (χ3v) is 8.36. The molecule has 1 unspecified atom stereocenters. The molecule has 4 rings (SSSR count). The van der Waals surface area contributed by atoms with Crippen molar-refractivity contribution in [3.05, 3.63) is 47.5 Å². The number of ether oxygens (including phenoxy) is 1. The number of nitrogens with two attached hydrogens (primary N) is 2. The number of amides is 1. The predicted octanol–water partition coefficient (Wildman–Crippen LogP) is -0.639. The van der Waals surface area contributed by atoms with Crippen LogP contribution in [0.5, 0.6) is 5.75 Å². The van der Waals surface area contributed by atoms with Gasteiger partial charge in [0.15, 0.2) is 23.7 Å². The number of carbonyl (C=O) groups excluding carboxylic acids is 2. The number of aromatic nitrogens is 3. The molecule has 3 aromatic rings. The highest BCUT2D eigenvalue weighted by Crippen LogP contribution is 2.40. The van der Waals surface area contributed by atoms with E-state index in [4.69, 9.17) is 35.5 Å². The van der Waals surface area contributed by atoms with Crippen LogP contribution in [0.4, 0.5) is 9.52 Å². The Bertz CT molecular complexity index is 1900. The van der Waals surface area contributed by atoms with E-state index in [1.54, 1.807) is 28.8 Å². The van der Waals surface area contributed by atoms with E-state index >= 15 is 4.39 Å². The van der Waals surface area contributed by atoms with E-state index < -0.39 is 76.3 Å². The van der Waals surface area contributed by atoms with Crippen LogP contribution in [-0.2, 0) is 52.3 Å². The topological polar surface area (TPSA) is 300 Å². The number of ketones is 1. The number of thiazole rings is 1. The van der Waals surface area contributed by atoms with Crippen molar-refractivity contribution < 1.29 is 70.4 Å². The van der Waals surface area contributed by atoms with E-state index in [1.807, 2.05) is 0 Å². The molecular weight excluding hydrogens is 725 g/mol. The van der Waals surface area contributed by atoms with Crippen LogP contribution in [0.3, 0.4) is 0 Å². The number of nitrogen functional groups attached to an aromatic ring is 1. The molecule has 23 heteroatoms. The quantitative estimate of drug-likeness (QED) is 0.0264. The van der Waals surface area contributed by atoms with Gasteiger partial charge in [-0.3, -0.25) is 18.9 Å². The van der Waals surface area contributed by atoms with Gasteiger partial charge in [0.05, 0.1) is 29.3 Å². The van der Waals surface area contributed by atoms with Crippen molar-refractivity contribution in [2.75, 3.05) is 18.9 Å². The van der Waals surface area contributed by atoms with Gasteiger partial charge >= 0.3 is 16.4 Å². The van der Waals surface area contributed by atoms with Crippen molar-refractivity contribution in [1.82, 2.24) is 14.7 Å². The van der Waals surface area contributed by atoms with Crippen LogP contribution in [-0.4, -0.2) is 104 Å². The van der Waals surface area contributed by atoms with Gasteiger partial charge in [-0.15, -0.1) is 20.3 Å². The molecule has 1 fully saturated rings. The fraction of sp³-hybridized carbons (Fsp3) is 0.393. The molecule has 51 heavy (non-hydrogen) atoms. The van der Waals surface area contributed by atoms with Crippen molar-refractivity contribution in [2.45, 2.75) is 44.6 Å². The number of β-lactam (4-membered cyclic amide) rings is 1. The van der Waals surface area contributed by atoms with Gasteiger partial charge in [-0.2, -0.15) is 18.2 Å². The number of aliphatic hydroxyl groups is 1. The molecule has 1 aliphatic rings.